The van der Waals surface area contributed by atoms with Crippen LogP contribution in [-0.4, -0.2) is 21.6 Å². The van der Waals surface area contributed by atoms with Crippen LogP contribution in [0.4, 0.5) is 5.69 Å². The molecule has 3 aromatic rings. The number of amides is 1. The van der Waals surface area contributed by atoms with Crippen molar-refractivity contribution in [1.29, 1.82) is 5.26 Å². The lowest BCUT2D eigenvalue weighted by atomic mass is 9.87. The highest BCUT2D eigenvalue weighted by Crippen LogP contribution is 2.25. The van der Waals surface area contributed by atoms with Crippen molar-refractivity contribution < 1.29 is 14.7 Å². The number of carbonyl (C=O) groups is 2. The van der Waals surface area contributed by atoms with Gasteiger partial charge in [0.1, 0.15) is 18.2 Å². The van der Waals surface area contributed by atoms with Crippen LogP contribution in [0.3, 0.4) is 0 Å². The minimum absolute atomic E-state index is 0.00439. The first-order chi connectivity index (χ1) is 14.2. The van der Waals surface area contributed by atoms with Gasteiger partial charge in [-0.15, -0.1) is 0 Å². The van der Waals surface area contributed by atoms with E-state index < -0.39 is 11.9 Å². The summed E-state index contributed by atoms with van der Waals surface area (Å²) in [5.74, 6) is -1.49. The molecule has 0 aliphatic rings. The van der Waals surface area contributed by atoms with Crippen LogP contribution < -0.4 is 5.32 Å². The van der Waals surface area contributed by atoms with Gasteiger partial charge < -0.3 is 15.0 Å². The van der Waals surface area contributed by atoms with E-state index in [4.69, 9.17) is 5.11 Å². The maximum atomic E-state index is 12.6. The average Bonchev–Trinajstić information content (AvgIpc) is 3.02. The largest absolute Gasteiger partial charge is 0.480 e. The Morgan fingerprint density at radius 3 is 2.40 bits per heavy atom. The van der Waals surface area contributed by atoms with Crippen molar-refractivity contribution in [3.05, 3.63) is 71.4 Å². The summed E-state index contributed by atoms with van der Waals surface area (Å²) in [6.07, 6.45) is 3.13. The fraction of sp³-hybridized carbons (Fsp3) is 0.208. The van der Waals surface area contributed by atoms with E-state index in [9.17, 15) is 14.9 Å². The smallest absolute Gasteiger partial charge is 0.323 e. The van der Waals surface area contributed by atoms with E-state index >= 15 is 0 Å². The van der Waals surface area contributed by atoms with Gasteiger partial charge in [-0.3, -0.25) is 9.59 Å². The second-order valence-corrected chi connectivity index (χ2v) is 8.07. The monoisotopic (exact) mass is 401 g/mol. The summed E-state index contributed by atoms with van der Waals surface area (Å²) in [6, 6.07) is 16.7. The van der Waals surface area contributed by atoms with Crippen LogP contribution in [0.1, 0.15) is 31.9 Å². The number of fused-ring (bicyclic) bond motifs is 1. The number of hydrogen-bond acceptors (Lipinski definition) is 3. The summed E-state index contributed by atoms with van der Waals surface area (Å²) in [7, 11) is 0. The molecule has 3 rings (SSSR count). The van der Waals surface area contributed by atoms with Gasteiger partial charge in [0, 0.05) is 28.4 Å². The van der Waals surface area contributed by atoms with Crippen molar-refractivity contribution in [2.24, 2.45) is 0 Å². The maximum absolute atomic E-state index is 12.6. The lowest BCUT2D eigenvalue weighted by Gasteiger charge is -2.19. The molecule has 0 aliphatic heterocycles. The zero-order valence-electron chi connectivity index (χ0n) is 17.1. The molecule has 1 aromatic heterocycles. The SMILES string of the molecule is CC(C)(C)c1ccc(NC(=O)/C(C#N)=C/c2cn(CC(=O)O)c3ccccc23)cc1. The predicted molar refractivity (Wildman–Crippen MR) is 117 cm³/mol. The number of nitrogens with zero attached hydrogens (tertiary/aromatic N) is 2. The molecule has 0 unspecified atom stereocenters. The summed E-state index contributed by atoms with van der Waals surface area (Å²) in [5, 5.41) is 22.2. The molecule has 152 valence electrons. The maximum Gasteiger partial charge on any atom is 0.323 e. The molecule has 1 amide bonds. The molecule has 0 fully saturated rings. The van der Waals surface area contributed by atoms with Gasteiger partial charge >= 0.3 is 5.97 Å². The minimum Gasteiger partial charge on any atom is -0.480 e. The third kappa shape index (κ3) is 4.58. The topological polar surface area (TPSA) is 95.1 Å². The number of para-hydroxylation sites is 1. The van der Waals surface area contributed by atoms with Gasteiger partial charge in [-0.25, -0.2) is 0 Å². The number of benzene rings is 2. The van der Waals surface area contributed by atoms with E-state index in [-0.39, 0.29) is 17.5 Å². The Bertz CT molecular complexity index is 1170. The highest BCUT2D eigenvalue weighted by atomic mass is 16.4. The number of hydrogen-bond donors (Lipinski definition) is 2. The van der Waals surface area contributed by atoms with Crippen LogP contribution in [0.2, 0.25) is 0 Å². The molecule has 1 heterocycles. The van der Waals surface area contributed by atoms with Gasteiger partial charge in [0.2, 0.25) is 0 Å². The Morgan fingerprint density at radius 1 is 1.13 bits per heavy atom. The molecular formula is C24H23N3O3. The van der Waals surface area contributed by atoms with E-state index in [1.165, 1.54) is 6.08 Å². The molecule has 0 aliphatic carbocycles. The molecule has 0 radical (unpaired) electrons. The molecule has 6 heteroatoms. The first kappa shape index (κ1) is 20.9. The fourth-order valence-corrected chi connectivity index (χ4v) is 3.22. The number of nitrogens with one attached hydrogen (secondary N) is 1. The number of carboxylic acid groups (broad SMARTS) is 1. The van der Waals surface area contributed by atoms with Crippen molar-refractivity contribution in [2.45, 2.75) is 32.7 Å². The van der Waals surface area contributed by atoms with Gasteiger partial charge in [0.25, 0.3) is 5.91 Å². The highest BCUT2D eigenvalue weighted by molar-refractivity contribution is 6.10. The molecule has 30 heavy (non-hydrogen) atoms. The highest BCUT2D eigenvalue weighted by Gasteiger charge is 2.15. The van der Waals surface area contributed by atoms with Crippen molar-refractivity contribution >= 4 is 34.5 Å². The number of carbonyl (C=O) groups excluding carboxylic acids is 1. The second kappa shape index (κ2) is 8.26. The molecule has 2 N–H and O–H groups in total. The van der Waals surface area contributed by atoms with Crippen LogP contribution in [0, 0.1) is 11.3 Å². The minimum atomic E-state index is -0.969. The number of nitriles is 1. The molecule has 0 saturated carbocycles. The van der Waals surface area contributed by atoms with Crippen LogP contribution in [-0.2, 0) is 21.5 Å². The zero-order chi connectivity index (χ0) is 21.9. The summed E-state index contributed by atoms with van der Waals surface area (Å²) in [4.78, 5) is 23.8. The van der Waals surface area contributed by atoms with Gasteiger partial charge in [-0.2, -0.15) is 5.26 Å². The first-order valence-electron chi connectivity index (χ1n) is 9.52. The Kier molecular flexibility index (Phi) is 5.74. The van der Waals surface area contributed by atoms with Crippen molar-refractivity contribution in [3.8, 4) is 6.07 Å². The molecule has 0 atom stereocenters. The van der Waals surface area contributed by atoms with Crippen LogP contribution in [0.25, 0.3) is 17.0 Å². The van der Waals surface area contributed by atoms with E-state index in [0.29, 0.717) is 11.3 Å². The molecule has 0 bridgehead atoms. The van der Waals surface area contributed by atoms with Gasteiger partial charge in [-0.1, -0.05) is 51.1 Å². The Hall–Kier alpha value is -3.85. The van der Waals surface area contributed by atoms with Gasteiger partial charge in [0.15, 0.2) is 0 Å². The van der Waals surface area contributed by atoms with Crippen LogP contribution in [0.15, 0.2) is 60.3 Å². The van der Waals surface area contributed by atoms with Crippen molar-refractivity contribution in [2.75, 3.05) is 5.32 Å². The number of anilines is 1. The lowest BCUT2D eigenvalue weighted by molar-refractivity contribution is -0.137. The summed E-state index contributed by atoms with van der Waals surface area (Å²) >= 11 is 0. The number of aromatic nitrogens is 1. The first-order valence-corrected chi connectivity index (χ1v) is 9.52. The second-order valence-electron chi connectivity index (χ2n) is 8.07. The number of carboxylic acids is 1. The fourth-order valence-electron chi connectivity index (χ4n) is 3.22. The van der Waals surface area contributed by atoms with E-state index in [2.05, 4.69) is 26.1 Å². The lowest BCUT2D eigenvalue weighted by Crippen LogP contribution is -2.14. The van der Waals surface area contributed by atoms with E-state index in [1.807, 2.05) is 48.5 Å². The van der Waals surface area contributed by atoms with E-state index in [1.54, 1.807) is 16.8 Å². The van der Waals surface area contributed by atoms with Crippen molar-refractivity contribution in [3.63, 3.8) is 0 Å². The third-order valence-corrected chi connectivity index (χ3v) is 4.80. The third-order valence-electron chi connectivity index (χ3n) is 4.80. The Balaban J connectivity index is 1.89. The molecule has 2 aromatic carbocycles. The summed E-state index contributed by atoms with van der Waals surface area (Å²) in [6.45, 7) is 6.12. The zero-order valence-corrected chi connectivity index (χ0v) is 17.1. The van der Waals surface area contributed by atoms with E-state index in [0.717, 1.165) is 16.5 Å². The Morgan fingerprint density at radius 2 is 1.80 bits per heavy atom. The average molecular weight is 401 g/mol. The van der Waals surface area contributed by atoms with Gasteiger partial charge in [0.05, 0.1) is 0 Å². The number of rotatable bonds is 5. The number of aliphatic carboxylic acids is 1. The quantitative estimate of drug-likeness (QED) is 0.484. The van der Waals surface area contributed by atoms with Gasteiger partial charge in [-0.05, 0) is 35.3 Å². The van der Waals surface area contributed by atoms with Crippen LogP contribution >= 0.6 is 0 Å². The van der Waals surface area contributed by atoms with Crippen molar-refractivity contribution in [1.82, 2.24) is 4.57 Å². The summed E-state index contributed by atoms with van der Waals surface area (Å²) < 4.78 is 1.58. The van der Waals surface area contributed by atoms with Crippen LogP contribution in [0.5, 0.6) is 0 Å². The Labute approximate surface area is 175 Å². The standard InChI is InChI=1S/C24H23N3O3/c1-24(2,3)18-8-10-19(11-9-18)26-23(30)16(13-25)12-17-14-27(15-22(28)29)21-7-5-4-6-20(17)21/h4-12,14H,15H2,1-3H3,(H,26,30)(H,28,29)/b16-12+. The normalized spacial score (nSPS) is 11.9. The predicted octanol–water partition coefficient (Wildman–Crippen LogP) is 4.57. The molecular weight excluding hydrogens is 378 g/mol. The molecule has 6 nitrogen and oxygen atoms in total. The summed E-state index contributed by atoms with van der Waals surface area (Å²) in [5.41, 5.74) is 3.02. The molecule has 0 spiro atoms. The molecule has 0 saturated heterocycles.